The maximum Gasteiger partial charge on any atom is 0.165 e. The molecule has 0 bridgehead atoms. The van der Waals surface area contributed by atoms with E-state index in [4.69, 9.17) is 4.74 Å². The molecule has 2 unspecified atom stereocenters. The molecule has 0 spiro atoms. The third-order valence-corrected chi connectivity index (χ3v) is 4.23. The van der Waals surface area contributed by atoms with Gasteiger partial charge in [-0.05, 0) is 18.2 Å². The number of fused-ring (bicyclic) bond motifs is 1. The first-order chi connectivity index (χ1) is 7.13. The fraction of sp³-hybridized carbons (Fsp3) is 0.364. The highest BCUT2D eigenvalue weighted by molar-refractivity contribution is 7.86. The Labute approximate surface area is 90.9 Å². The van der Waals surface area contributed by atoms with Gasteiger partial charge in [-0.3, -0.25) is 9.00 Å². The number of hydrogen-bond acceptors (Lipinski definition) is 3. The second-order valence-corrected chi connectivity index (χ2v) is 5.44. The molecule has 1 aliphatic heterocycles. The molecule has 1 heterocycles. The first-order valence-electron chi connectivity index (χ1n) is 4.75. The number of Topliss-reactive ketones (excluding diaryl/α,β-unsaturated/α-hetero) is 1. The van der Waals surface area contributed by atoms with Crippen molar-refractivity contribution in [1.82, 2.24) is 0 Å². The zero-order valence-electron chi connectivity index (χ0n) is 8.65. The van der Waals surface area contributed by atoms with Gasteiger partial charge in [-0.1, -0.05) is 6.92 Å². The summed E-state index contributed by atoms with van der Waals surface area (Å²) in [5, 5.41) is -0.0848. The molecule has 1 aromatic carbocycles. The Balaban J connectivity index is 2.56. The molecule has 2 atom stereocenters. The van der Waals surface area contributed by atoms with Crippen LogP contribution in [0.15, 0.2) is 23.1 Å². The topological polar surface area (TPSA) is 43.4 Å². The lowest BCUT2D eigenvalue weighted by molar-refractivity contribution is 0.0976. The van der Waals surface area contributed by atoms with E-state index in [1.165, 1.54) is 0 Å². The summed E-state index contributed by atoms with van der Waals surface area (Å²) in [6, 6.07) is 5.13. The number of rotatable bonds is 1. The summed E-state index contributed by atoms with van der Waals surface area (Å²) in [7, 11) is 0.483. The molecular weight excluding hydrogens is 212 g/mol. The molecule has 0 saturated heterocycles. The molecule has 0 fully saturated rings. The van der Waals surface area contributed by atoms with Crippen LogP contribution in [-0.4, -0.2) is 22.4 Å². The van der Waals surface area contributed by atoms with E-state index in [9.17, 15) is 9.00 Å². The highest BCUT2D eigenvalue weighted by Gasteiger charge is 2.28. The van der Waals surface area contributed by atoms with Gasteiger partial charge in [-0.25, -0.2) is 0 Å². The summed E-state index contributed by atoms with van der Waals surface area (Å²) in [6.45, 7) is 1.83. The molecule has 0 amide bonds. The van der Waals surface area contributed by atoms with Crippen LogP contribution in [0.4, 0.5) is 0 Å². The first kappa shape index (κ1) is 10.4. The van der Waals surface area contributed by atoms with Crippen molar-refractivity contribution in [2.75, 3.05) is 7.11 Å². The molecule has 3 nitrogen and oxygen atoms in total. The van der Waals surface area contributed by atoms with Crippen LogP contribution in [0, 0.1) is 0 Å². The Bertz CT molecular complexity index is 439. The normalized spacial score (nSPS) is 24.8. The number of ketones is 1. The van der Waals surface area contributed by atoms with Gasteiger partial charge in [0.1, 0.15) is 5.75 Å². The minimum absolute atomic E-state index is 0.0519. The molecular formula is C11H12O3S. The predicted octanol–water partition coefficient (Wildman–Crippen LogP) is 1.78. The Kier molecular flexibility index (Phi) is 2.61. The fourth-order valence-electron chi connectivity index (χ4n) is 1.69. The molecule has 2 rings (SSSR count). The van der Waals surface area contributed by atoms with E-state index in [1.54, 1.807) is 25.3 Å². The van der Waals surface area contributed by atoms with Gasteiger partial charge < -0.3 is 4.74 Å². The average molecular weight is 224 g/mol. The van der Waals surface area contributed by atoms with Crippen molar-refractivity contribution in [3.8, 4) is 5.75 Å². The minimum atomic E-state index is -1.07. The van der Waals surface area contributed by atoms with Gasteiger partial charge in [0, 0.05) is 17.2 Å². The van der Waals surface area contributed by atoms with E-state index in [2.05, 4.69) is 0 Å². The number of ether oxygens (including phenoxy) is 1. The monoisotopic (exact) mass is 224 g/mol. The van der Waals surface area contributed by atoms with Crippen LogP contribution < -0.4 is 4.74 Å². The molecule has 1 aromatic rings. The van der Waals surface area contributed by atoms with Gasteiger partial charge in [-0.15, -0.1) is 0 Å². The zero-order chi connectivity index (χ0) is 11.0. The lowest BCUT2D eigenvalue weighted by atomic mass is 10.1. The van der Waals surface area contributed by atoms with E-state index < -0.39 is 10.8 Å². The Morgan fingerprint density at radius 2 is 2.20 bits per heavy atom. The molecule has 0 radical (unpaired) electrons. The number of methoxy groups -OCH3 is 1. The third kappa shape index (κ3) is 1.69. The van der Waals surface area contributed by atoms with Crippen LogP contribution in [0.25, 0.3) is 0 Å². The van der Waals surface area contributed by atoms with E-state index >= 15 is 0 Å². The summed E-state index contributed by atoms with van der Waals surface area (Å²) in [6.07, 6.45) is 0.354. The maximum atomic E-state index is 11.9. The number of hydrogen-bond donors (Lipinski definition) is 0. The third-order valence-electron chi connectivity index (χ3n) is 2.54. The van der Waals surface area contributed by atoms with E-state index in [-0.39, 0.29) is 11.0 Å². The molecule has 0 aromatic heterocycles. The molecule has 15 heavy (non-hydrogen) atoms. The van der Waals surface area contributed by atoms with E-state index in [0.717, 1.165) is 0 Å². The van der Waals surface area contributed by atoms with Crippen molar-refractivity contribution in [3.63, 3.8) is 0 Å². The molecule has 0 aliphatic carbocycles. The predicted molar refractivity (Wildman–Crippen MR) is 57.8 cm³/mol. The van der Waals surface area contributed by atoms with Gasteiger partial charge in [0.25, 0.3) is 0 Å². The Morgan fingerprint density at radius 1 is 1.47 bits per heavy atom. The van der Waals surface area contributed by atoms with Crippen LogP contribution in [0.5, 0.6) is 5.75 Å². The average Bonchev–Trinajstić information content (AvgIpc) is 2.25. The standard InChI is InChI=1S/C11H12O3S/c1-7-5-10(12)9-6-8(14-2)3-4-11(9)15(7)13/h3-4,6-7H,5H2,1-2H3. The number of benzene rings is 1. The van der Waals surface area contributed by atoms with E-state index in [0.29, 0.717) is 22.6 Å². The van der Waals surface area contributed by atoms with Crippen molar-refractivity contribution in [1.29, 1.82) is 0 Å². The van der Waals surface area contributed by atoms with Crippen molar-refractivity contribution >= 4 is 16.6 Å². The highest BCUT2D eigenvalue weighted by Crippen LogP contribution is 2.29. The largest absolute Gasteiger partial charge is 0.497 e. The smallest absolute Gasteiger partial charge is 0.165 e. The van der Waals surface area contributed by atoms with Crippen LogP contribution in [0.3, 0.4) is 0 Å². The summed E-state index contributed by atoms with van der Waals surface area (Å²) >= 11 is 0. The quantitative estimate of drug-likeness (QED) is 0.730. The Hall–Kier alpha value is -1.16. The summed E-state index contributed by atoms with van der Waals surface area (Å²) in [5.74, 6) is 0.685. The second-order valence-electron chi connectivity index (χ2n) is 3.60. The SMILES string of the molecule is COc1ccc2c(c1)C(=O)CC(C)S2=O. The van der Waals surface area contributed by atoms with Crippen LogP contribution >= 0.6 is 0 Å². The van der Waals surface area contributed by atoms with E-state index in [1.807, 2.05) is 6.92 Å². The van der Waals surface area contributed by atoms with Crippen molar-refractivity contribution < 1.29 is 13.7 Å². The number of carbonyl (C=O) groups is 1. The maximum absolute atomic E-state index is 11.9. The zero-order valence-corrected chi connectivity index (χ0v) is 9.47. The summed E-state index contributed by atoms with van der Waals surface area (Å²) < 4.78 is 16.9. The summed E-state index contributed by atoms with van der Waals surface area (Å²) in [4.78, 5) is 12.4. The second kappa shape index (κ2) is 3.77. The van der Waals surface area contributed by atoms with Gasteiger partial charge in [0.15, 0.2) is 5.78 Å². The fourth-order valence-corrected chi connectivity index (χ4v) is 3.02. The van der Waals surface area contributed by atoms with Gasteiger partial charge >= 0.3 is 0 Å². The molecule has 80 valence electrons. The van der Waals surface area contributed by atoms with Crippen LogP contribution in [-0.2, 0) is 10.8 Å². The summed E-state index contributed by atoms with van der Waals surface area (Å²) in [5.41, 5.74) is 0.547. The molecule has 1 aliphatic rings. The minimum Gasteiger partial charge on any atom is -0.497 e. The molecule has 0 N–H and O–H groups in total. The van der Waals surface area contributed by atoms with Gasteiger partial charge in [0.2, 0.25) is 0 Å². The van der Waals surface area contributed by atoms with Crippen molar-refractivity contribution in [2.45, 2.75) is 23.5 Å². The van der Waals surface area contributed by atoms with Crippen molar-refractivity contribution in [3.05, 3.63) is 23.8 Å². The molecule has 0 saturated carbocycles. The van der Waals surface area contributed by atoms with Crippen molar-refractivity contribution in [2.24, 2.45) is 0 Å². The lowest BCUT2D eigenvalue weighted by Crippen LogP contribution is -2.24. The van der Waals surface area contributed by atoms with Gasteiger partial charge in [0.05, 0.1) is 22.8 Å². The highest BCUT2D eigenvalue weighted by atomic mass is 32.2. The number of carbonyl (C=O) groups excluding carboxylic acids is 1. The van der Waals surface area contributed by atoms with Crippen LogP contribution in [0.2, 0.25) is 0 Å². The molecule has 4 heteroatoms. The lowest BCUT2D eigenvalue weighted by Gasteiger charge is -2.20. The Morgan fingerprint density at radius 3 is 2.87 bits per heavy atom. The first-order valence-corrected chi connectivity index (χ1v) is 5.96. The van der Waals surface area contributed by atoms with Crippen LogP contribution in [0.1, 0.15) is 23.7 Å². The van der Waals surface area contributed by atoms with Gasteiger partial charge in [-0.2, -0.15) is 0 Å².